The summed E-state index contributed by atoms with van der Waals surface area (Å²) in [6.45, 7) is 1.02. The fourth-order valence-corrected chi connectivity index (χ4v) is 1.65. The van der Waals surface area contributed by atoms with E-state index >= 15 is 0 Å². The average molecular weight is 237 g/mol. The zero-order valence-electron chi connectivity index (χ0n) is 9.48. The van der Waals surface area contributed by atoms with Crippen molar-refractivity contribution in [2.24, 2.45) is 0 Å². The molecule has 1 saturated heterocycles. The van der Waals surface area contributed by atoms with Gasteiger partial charge in [0.1, 0.15) is 18.2 Å². The van der Waals surface area contributed by atoms with Crippen LogP contribution in [-0.2, 0) is 9.59 Å². The second-order valence-corrected chi connectivity index (χ2v) is 3.80. The summed E-state index contributed by atoms with van der Waals surface area (Å²) < 4.78 is 0. The summed E-state index contributed by atoms with van der Waals surface area (Å²) in [6.07, 6.45) is 4.18. The number of aliphatic carboxylic acids is 1. The van der Waals surface area contributed by atoms with E-state index in [0.717, 1.165) is 19.3 Å². The van der Waals surface area contributed by atoms with Gasteiger partial charge in [0.25, 0.3) is 5.91 Å². The Hall–Kier alpha value is -2.03. The highest BCUT2D eigenvalue weighted by molar-refractivity contribution is 5.97. The summed E-state index contributed by atoms with van der Waals surface area (Å²) in [5.74, 6) is -1.37. The summed E-state index contributed by atoms with van der Waals surface area (Å²) in [5, 5.41) is 19.7. The molecule has 17 heavy (non-hydrogen) atoms. The molecule has 2 N–H and O–H groups in total. The summed E-state index contributed by atoms with van der Waals surface area (Å²) in [4.78, 5) is 23.7. The van der Waals surface area contributed by atoms with Gasteiger partial charge in [0.05, 0.1) is 0 Å². The topological polar surface area (TPSA) is 93.4 Å². The van der Waals surface area contributed by atoms with Crippen molar-refractivity contribution in [2.75, 3.05) is 19.6 Å². The number of carboxylic acid groups (broad SMARTS) is 1. The number of rotatable bonds is 4. The van der Waals surface area contributed by atoms with Crippen molar-refractivity contribution in [2.45, 2.75) is 19.3 Å². The first-order valence-corrected chi connectivity index (χ1v) is 5.50. The number of likely N-dealkylation sites (tertiary alicyclic amines) is 1. The molecule has 92 valence electrons. The van der Waals surface area contributed by atoms with Gasteiger partial charge in [-0.15, -0.1) is 0 Å². The molecule has 6 nitrogen and oxygen atoms in total. The molecule has 0 spiro atoms. The second-order valence-electron chi connectivity index (χ2n) is 3.80. The summed E-state index contributed by atoms with van der Waals surface area (Å²) >= 11 is 0. The van der Waals surface area contributed by atoms with Crippen molar-refractivity contribution in [3.8, 4) is 6.07 Å². The molecular weight excluding hydrogens is 222 g/mol. The van der Waals surface area contributed by atoms with Gasteiger partial charge in [-0.2, -0.15) is 5.26 Å². The fraction of sp³-hybridized carbons (Fsp3) is 0.545. The molecule has 1 aliphatic heterocycles. The molecule has 1 heterocycles. The molecule has 0 aromatic heterocycles. The van der Waals surface area contributed by atoms with Crippen LogP contribution >= 0.6 is 0 Å². The van der Waals surface area contributed by atoms with Crippen LogP contribution in [-0.4, -0.2) is 41.5 Å². The number of hydrogen-bond acceptors (Lipinski definition) is 4. The SMILES string of the molecule is N#C/C(=C/NCC(=O)O)C(=O)N1CCCCC1. The van der Waals surface area contributed by atoms with Crippen molar-refractivity contribution < 1.29 is 14.7 Å². The molecule has 0 bridgehead atoms. The lowest BCUT2D eigenvalue weighted by atomic mass is 10.1. The van der Waals surface area contributed by atoms with Gasteiger partial charge in [0.15, 0.2) is 0 Å². The van der Waals surface area contributed by atoms with Crippen LogP contribution in [0.3, 0.4) is 0 Å². The van der Waals surface area contributed by atoms with E-state index in [2.05, 4.69) is 5.32 Å². The maximum atomic E-state index is 11.9. The lowest BCUT2D eigenvalue weighted by Gasteiger charge is -2.26. The average Bonchev–Trinajstić information content (AvgIpc) is 2.34. The van der Waals surface area contributed by atoms with Gasteiger partial charge in [0.2, 0.25) is 0 Å². The Bertz CT molecular complexity index is 365. The second kappa shape index (κ2) is 6.53. The number of hydrogen-bond donors (Lipinski definition) is 2. The van der Waals surface area contributed by atoms with Crippen LogP contribution in [0.15, 0.2) is 11.8 Å². The van der Waals surface area contributed by atoms with Crippen LogP contribution in [0.25, 0.3) is 0 Å². The number of nitriles is 1. The molecule has 0 aliphatic carbocycles. The zero-order valence-corrected chi connectivity index (χ0v) is 9.48. The number of carbonyl (C=O) groups is 2. The summed E-state index contributed by atoms with van der Waals surface area (Å²) in [5.41, 5.74) is -0.0480. The van der Waals surface area contributed by atoms with Crippen molar-refractivity contribution in [3.05, 3.63) is 11.8 Å². The van der Waals surface area contributed by atoms with Gasteiger partial charge in [-0.1, -0.05) is 0 Å². The van der Waals surface area contributed by atoms with Crippen LogP contribution in [0.5, 0.6) is 0 Å². The first-order chi connectivity index (χ1) is 8.15. The molecule has 0 atom stereocenters. The minimum absolute atomic E-state index is 0.0480. The maximum absolute atomic E-state index is 11.9. The van der Waals surface area contributed by atoms with Gasteiger partial charge in [-0.25, -0.2) is 0 Å². The molecular formula is C11H15N3O3. The van der Waals surface area contributed by atoms with E-state index in [1.54, 1.807) is 11.0 Å². The number of carboxylic acids is 1. The highest BCUT2D eigenvalue weighted by Crippen LogP contribution is 2.11. The molecule has 0 aromatic rings. The summed E-state index contributed by atoms with van der Waals surface area (Å²) in [6, 6.07) is 1.79. The van der Waals surface area contributed by atoms with Gasteiger partial charge >= 0.3 is 5.97 Å². The Morgan fingerprint density at radius 2 is 2.00 bits per heavy atom. The van der Waals surface area contributed by atoms with Gasteiger partial charge in [0, 0.05) is 19.3 Å². The Kier molecular flexibility index (Phi) is 5.01. The van der Waals surface area contributed by atoms with E-state index in [0.29, 0.717) is 13.1 Å². The lowest BCUT2D eigenvalue weighted by molar-refractivity contribution is -0.135. The van der Waals surface area contributed by atoms with E-state index in [4.69, 9.17) is 10.4 Å². The molecule has 1 rings (SSSR count). The third-order valence-corrected chi connectivity index (χ3v) is 2.49. The lowest BCUT2D eigenvalue weighted by Crippen LogP contribution is -2.36. The monoisotopic (exact) mass is 237 g/mol. The van der Waals surface area contributed by atoms with E-state index in [1.807, 2.05) is 0 Å². The van der Waals surface area contributed by atoms with Gasteiger partial charge in [-0.05, 0) is 19.3 Å². The van der Waals surface area contributed by atoms with E-state index in [9.17, 15) is 9.59 Å². The quantitative estimate of drug-likeness (QED) is 0.533. The number of amides is 1. The van der Waals surface area contributed by atoms with Crippen LogP contribution in [0.4, 0.5) is 0 Å². The number of nitrogens with zero attached hydrogens (tertiary/aromatic N) is 2. The van der Waals surface area contributed by atoms with Gasteiger partial charge in [-0.3, -0.25) is 9.59 Å². The van der Waals surface area contributed by atoms with Crippen molar-refractivity contribution in [1.29, 1.82) is 5.26 Å². The minimum Gasteiger partial charge on any atom is -0.480 e. The number of piperidine rings is 1. The molecule has 1 fully saturated rings. The van der Waals surface area contributed by atoms with Gasteiger partial charge < -0.3 is 15.3 Å². The van der Waals surface area contributed by atoms with Crippen LogP contribution < -0.4 is 5.32 Å². The first-order valence-electron chi connectivity index (χ1n) is 5.50. The Balaban J connectivity index is 2.57. The van der Waals surface area contributed by atoms with Crippen molar-refractivity contribution >= 4 is 11.9 Å². The van der Waals surface area contributed by atoms with Crippen LogP contribution in [0, 0.1) is 11.3 Å². The number of nitrogens with one attached hydrogen (secondary N) is 1. The Morgan fingerprint density at radius 3 is 2.53 bits per heavy atom. The standard InChI is InChI=1S/C11H15N3O3/c12-6-9(7-13-8-10(15)16)11(17)14-4-2-1-3-5-14/h7,13H,1-5,8H2,(H,15,16)/b9-7-. The van der Waals surface area contributed by atoms with E-state index in [-0.39, 0.29) is 18.0 Å². The molecule has 0 radical (unpaired) electrons. The molecule has 6 heteroatoms. The van der Waals surface area contributed by atoms with Crippen LogP contribution in [0.1, 0.15) is 19.3 Å². The Morgan fingerprint density at radius 1 is 1.35 bits per heavy atom. The predicted octanol–water partition coefficient (Wildman–Crippen LogP) is 0.0806. The predicted molar refractivity (Wildman–Crippen MR) is 59.8 cm³/mol. The molecule has 0 saturated carbocycles. The first kappa shape index (κ1) is 13.0. The molecule has 1 amide bonds. The van der Waals surface area contributed by atoms with E-state index in [1.165, 1.54) is 6.20 Å². The summed E-state index contributed by atoms with van der Waals surface area (Å²) in [7, 11) is 0. The highest BCUT2D eigenvalue weighted by Gasteiger charge is 2.19. The fourth-order valence-electron chi connectivity index (χ4n) is 1.65. The van der Waals surface area contributed by atoms with Crippen molar-refractivity contribution in [1.82, 2.24) is 10.2 Å². The minimum atomic E-state index is -1.04. The largest absolute Gasteiger partial charge is 0.480 e. The normalized spacial score (nSPS) is 16.2. The Labute approximate surface area is 99.5 Å². The molecule has 0 unspecified atom stereocenters. The smallest absolute Gasteiger partial charge is 0.322 e. The highest BCUT2D eigenvalue weighted by atomic mass is 16.4. The molecule has 1 aliphatic rings. The zero-order chi connectivity index (χ0) is 12.7. The third-order valence-electron chi connectivity index (χ3n) is 2.49. The third kappa shape index (κ3) is 4.15. The van der Waals surface area contributed by atoms with Crippen LogP contribution in [0.2, 0.25) is 0 Å². The van der Waals surface area contributed by atoms with E-state index < -0.39 is 5.97 Å². The number of carbonyl (C=O) groups excluding carboxylic acids is 1. The molecule has 0 aromatic carbocycles. The van der Waals surface area contributed by atoms with Crippen molar-refractivity contribution in [3.63, 3.8) is 0 Å². The maximum Gasteiger partial charge on any atom is 0.322 e.